The third-order valence-electron chi connectivity index (χ3n) is 3.08. The van der Waals surface area contributed by atoms with Gasteiger partial charge in [0.15, 0.2) is 5.78 Å². The number of carbonyl (C=O) groups is 1. The Labute approximate surface area is 98.6 Å². The summed E-state index contributed by atoms with van der Waals surface area (Å²) in [6, 6.07) is 1.80. The fourth-order valence-corrected chi connectivity index (χ4v) is 3.17. The molecule has 0 spiro atoms. The fourth-order valence-electron chi connectivity index (χ4n) is 1.94. The van der Waals surface area contributed by atoms with E-state index in [0.717, 1.165) is 30.8 Å². The molecule has 0 unspecified atom stereocenters. The van der Waals surface area contributed by atoms with Gasteiger partial charge in [0.1, 0.15) is 0 Å². The Hall–Kier alpha value is -0.380. The summed E-state index contributed by atoms with van der Waals surface area (Å²) < 4.78 is 0. The molecule has 4 heteroatoms. The van der Waals surface area contributed by atoms with E-state index in [0.29, 0.717) is 5.02 Å². The zero-order chi connectivity index (χ0) is 10.9. The van der Waals surface area contributed by atoms with Gasteiger partial charge in [0.25, 0.3) is 0 Å². The van der Waals surface area contributed by atoms with Crippen molar-refractivity contribution in [2.45, 2.75) is 19.8 Å². The first-order valence-electron chi connectivity index (χ1n) is 5.12. The standard InChI is InChI=1S/C11H14ClNOS/c1-11(3-5-13-6-4-11)10(14)9-8(12)2-7-15-9/h2,7,13H,3-6H2,1H3. The van der Waals surface area contributed by atoms with Crippen molar-refractivity contribution in [2.75, 3.05) is 13.1 Å². The number of hydrogen-bond acceptors (Lipinski definition) is 3. The maximum Gasteiger partial charge on any atom is 0.180 e. The molecule has 0 bridgehead atoms. The zero-order valence-corrected chi connectivity index (χ0v) is 10.3. The smallest absolute Gasteiger partial charge is 0.180 e. The van der Waals surface area contributed by atoms with Crippen LogP contribution in [0.25, 0.3) is 0 Å². The van der Waals surface area contributed by atoms with Crippen molar-refractivity contribution in [3.63, 3.8) is 0 Å². The molecule has 15 heavy (non-hydrogen) atoms. The van der Waals surface area contributed by atoms with E-state index in [4.69, 9.17) is 11.6 Å². The van der Waals surface area contributed by atoms with Gasteiger partial charge in [-0.3, -0.25) is 4.79 Å². The minimum absolute atomic E-state index is 0.212. The van der Waals surface area contributed by atoms with Crippen LogP contribution in [0.2, 0.25) is 5.02 Å². The van der Waals surface area contributed by atoms with Crippen molar-refractivity contribution < 1.29 is 4.79 Å². The van der Waals surface area contributed by atoms with Crippen LogP contribution in [0.3, 0.4) is 0 Å². The summed E-state index contributed by atoms with van der Waals surface area (Å²) in [5, 5.41) is 5.75. The summed E-state index contributed by atoms with van der Waals surface area (Å²) in [5.74, 6) is 0.212. The molecule has 1 fully saturated rings. The number of hydrogen-bond donors (Lipinski definition) is 1. The first kappa shape index (κ1) is 11.1. The molecule has 0 saturated carbocycles. The molecule has 1 aliphatic heterocycles. The molecule has 0 aliphatic carbocycles. The zero-order valence-electron chi connectivity index (χ0n) is 8.68. The summed E-state index contributed by atoms with van der Waals surface area (Å²) in [6.07, 6.45) is 1.81. The summed E-state index contributed by atoms with van der Waals surface area (Å²) in [4.78, 5) is 13.0. The topological polar surface area (TPSA) is 29.1 Å². The van der Waals surface area contributed by atoms with Crippen LogP contribution in [0, 0.1) is 5.41 Å². The van der Waals surface area contributed by atoms with E-state index in [1.807, 2.05) is 12.3 Å². The third kappa shape index (κ3) is 2.10. The maximum atomic E-state index is 12.3. The van der Waals surface area contributed by atoms with E-state index in [1.165, 1.54) is 11.3 Å². The highest BCUT2D eigenvalue weighted by Gasteiger charge is 2.36. The largest absolute Gasteiger partial charge is 0.317 e. The van der Waals surface area contributed by atoms with Gasteiger partial charge in [0.05, 0.1) is 9.90 Å². The highest BCUT2D eigenvalue weighted by atomic mass is 35.5. The molecule has 1 aromatic heterocycles. The monoisotopic (exact) mass is 243 g/mol. The number of ketones is 1. The van der Waals surface area contributed by atoms with Crippen LogP contribution < -0.4 is 5.32 Å². The molecule has 1 aromatic rings. The first-order chi connectivity index (χ1) is 7.13. The number of rotatable bonds is 2. The summed E-state index contributed by atoms with van der Waals surface area (Å²) in [6.45, 7) is 3.89. The lowest BCUT2D eigenvalue weighted by molar-refractivity contribution is 0.0767. The van der Waals surface area contributed by atoms with Crippen molar-refractivity contribution >= 4 is 28.7 Å². The molecule has 0 radical (unpaired) electrons. The predicted molar refractivity (Wildman–Crippen MR) is 63.9 cm³/mol. The second-order valence-corrected chi connectivity index (χ2v) is 5.56. The normalized spacial score (nSPS) is 20.1. The van der Waals surface area contributed by atoms with Crippen LogP contribution in [0.5, 0.6) is 0 Å². The number of Topliss-reactive ketones (excluding diaryl/α,β-unsaturated/α-hetero) is 1. The highest BCUT2D eigenvalue weighted by molar-refractivity contribution is 7.12. The van der Waals surface area contributed by atoms with Crippen molar-refractivity contribution in [1.29, 1.82) is 0 Å². The Balaban J connectivity index is 2.23. The van der Waals surface area contributed by atoms with Gasteiger partial charge in [-0.1, -0.05) is 18.5 Å². The highest BCUT2D eigenvalue weighted by Crippen LogP contribution is 2.36. The lowest BCUT2D eigenvalue weighted by Gasteiger charge is -2.32. The van der Waals surface area contributed by atoms with Crippen molar-refractivity contribution in [3.05, 3.63) is 21.3 Å². The SMILES string of the molecule is CC1(C(=O)c2sccc2Cl)CCNCC1. The molecule has 0 atom stereocenters. The Bertz CT molecular complexity index is 368. The molecule has 2 rings (SSSR count). The summed E-state index contributed by atoms with van der Waals surface area (Å²) in [7, 11) is 0. The van der Waals surface area contributed by atoms with E-state index < -0.39 is 0 Å². The molecule has 82 valence electrons. The molecule has 0 aromatic carbocycles. The molecule has 2 nitrogen and oxygen atoms in total. The molecule has 1 saturated heterocycles. The van der Waals surface area contributed by atoms with Crippen LogP contribution in [0.15, 0.2) is 11.4 Å². The van der Waals surface area contributed by atoms with Gasteiger partial charge < -0.3 is 5.32 Å². The molecule has 1 N–H and O–H groups in total. The quantitative estimate of drug-likeness (QED) is 0.810. The Kier molecular flexibility index (Phi) is 3.14. The van der Waals surface area contributed by atoms with E-state index in [2.05, 4.69) is 5.32 Å². The number of piperidine rings is 1. The Morgan fingerprint density at radius 1 is 1.53 bits per heavy atom. The second kappa shape index (κ2) is 4.24. The average Bonchev–Trinajstić information content (AvgIpc) is 2.64. The Morgan fingerprint density at radius 2 is 2.20 bits per heavy atom. The van der Waals surface area contributed by atoms with Crippen LogP contribution >= 0.6 is 22.9 Å². The molecule has 1 aliphatic rings. The molecular weight excluding hydrogens is 230 g/mol. The van der Waals surface area contributed by atoms with Crippen LogP contribution in [-0.4, -0.2) is 18.9 Å². The lowest BCUT2D eigenvalue weighted by atomic mass is 9.77. The first-order valence-corrected chi connectivity index (χ1v) is 6.38. The molecular formula is C11H14ClNOS. The fraction of sp³-hybridized carbons (Fsp3) is 0.545. The number of thiophene rings is 1. The number of nitrogens with one attached hydrogen (secondary N) is 1. The van der Waals surface area contributed by atoms with Gasteiger partial charge in [0, 0.05) is 5.41 Å². The predicted octanol–water partition coefficient (Wildman–Crippen LogP) is 2.97. The maximum absolute atomic E-state index is 12.3. The van der Waals surface area contributed by atoms with Crippen molar-refractivity contribution in [3.8, 4) is 0 Å². The van der Waals surface area contributed by atoms with E-state index in [-0.39, 0.29) is 11.2 Å². The van der Waals surface area contributed by atoms with Crippen LogP contribution in [0.1, 0.15) is 29.4 Å². The average molecular weight is 244 g/mol. The summed E-state index contributed by atoms with van der Waals surface area (Å²) in [5.41, 5.74) is -0.222. The second-order valence-electron chi connectivity index (χ2n) is 4.24. The van der Waals surface area contributed by atoms with Crippen LogP contribution in [-0.2, 0) is 0 Å². The van der Waals surface area contributed by atoms with Gasteiger partial charge in [-0.25, -0.2) is 0 Å². The molecule has 0 amide bonds. The van der Waals surface area contributed by atoms with Crippen molar-refractivity contribution in [2.24, 2.45) is 5.41 Å². The number of carbonyl (C=O) groups excluding carboxylic acids is 1. The van der Waals surface area contributed by atoms with E-state index in [9.17, 15) is 4.79 Å². The third-order valence-corrected chi connectivity index (χ3v) is 4.42. The van der Waals surface area contributed by atoms with Gasteiger partial charge in [-0.05, 0) is 37.4 Å². The van der Waals surface area contributed by atoms with Crippen molar-refractivity contribution in [1.82, 2.24) is 5.32 Å². The minimum atomic E-state index is -0.222. The van der Waals surface area contributed by atoms with Crippen LogP contribution in [0.4, 0.5) is 0 Å². The van der Waals surface area contributed by atoms with Gasteiger partial charge >= 0.3 is 0 Å². The van der Waals surface area contributed by atoms with Gasteiger partial charge in [0.2, 0.25) is 0 Å². The lowest BCUT2D eigenvalue weighted by Crippen LogP contribution is -2.39. The van der Waals surface area contributed by atoms with Gasteiger partial charge in [-0.15, -0.1) is 11.3 Å². The minimum Gasteiger partial charge on any atom is -0.317 e. The van der Waals surface area contributed by atoms with Gasteiger partial charge in [-0.2, -0.15) is 0 Å². The Morgan fingerprint density at radius 3 is 2.73 bits per heavy atom. The van der Waals surface area contributed by atoms with E-state index in [1.54, 1.807) is 6.07 Å². The number of halogens is 1. The summed E-state index contributed by atoms with van der Waals surface area (Å²) >= 11 is 7.44. The van der Waals surface area contributed by atoms with E-state index >= 15 is 0 Å². The molecule has 2 heterocycles.